The van der Waals surface area contributed by atoms with Gasteiger partial charge in [-0.3, -0.25) is 9.59 Å². The lowest BCUT2D eigenvalue weighted by atomic mass is 9.85. The molecular formula is C11H20O5Si. The van der Waals surface area contributed by atoms with Crippen molar-refractivity contribution in [3.8, 4) is 0 Å². The molecule has 0 aromatic rings. The van der Waals surface area contributed by atoms with Gasteiger partial charge in [0, 0.05) is 31.9 Å². The fourth-order valence-corrected chi connectivity index (χ4v) is 5.42. The minimum Gasteiger partial charge on any atom is -0.485 e. The molecule has 1 fully saturated rings. The lowest BCUT2D eigenvalue weighted by molar-refractivity contribution is -0.141. The van der Waals surface area contributed by atoms with Gasteiger partial charge in [0.15, 0.2) is 0 Å². The van der Waals surface area contributed by atoms with E-state index in [-0.39, 0.29) is 5.41 Å². The summed E-state index contributed by atoms with van der Waals surface area (Å²) in [5, 5.41) is 0. The topological polar surface area (TPSA) is 61.8 Å². The molecule has 0 radical (unpaired) electrons. The van der Waals surface area contributed by atoms with Crippen molar-refractivity contribution in [1.82, 2.24) is 0 Å². The van der Waals surface area contributed by atoms with E-state index in [2.05, 4.69) is 6.92 Å². The van der Waals surface area contributed by atoms with Gasteiger partial charge in [-0.05, 0) is 6.42 Å². The van der Waals surface area contributed by atoms with E-state index in [1.807, 2.05) is 0 Å². The predicted octanol–water partition coefficient (Wildman–Crippen LogP) is 1.61. The summed E-state index contributed by atoms with van der Waals surface area (Å²) in [6.45, 7) is 7.79. The zero-order valence-electron chi connectivity index (χ0n) is 10.9. The Kier molecular flexibility index (Phi) is 4.32. The van der Waals surface area contributed by atoms with Gasteiger partial charge in [-0.25, -0.2) is 0 Å². The maximum Gasteiger partial charge on any atom is 0.461 e. The van der Waals surface area contributed by atoms with E-state index in [9.17, 15) is 9.59 Å². The molecule has 0 N–H and O–H groups in total. The zero-order chi connectivity index (χ0) is 13.1. The van der Waals surface area contributed by atoms with Crippen LogP contribution >= 0.6 is 0 Å². The maximum atomic E-state index is 11.1. The van der Waals surface area contributed by atoms with Crippen molar-refractivity contribution in [3.05, 3.63) is 0 Å². The van der Waals surface area contributed by atoms with E-state index in [0.717, 1.165) is 6.42 Å². The molecule has 0 aromatic heterocycles. The quantitative estimate of drug-likeness (QED) is 0.703. The third kappa shape index (κ3) is 3.81. The van der Waals surface area contributed by atoms with Crippen LogP contribution < -0.4 is 0 Å². The summed E-state index contributed by atoms with van der Waals surface area (Å²) < 4.78 is 15.8. The molecule has 6 heteroatoms. The molecule has 1 aliphatic heterocycles. The van der Waals surface area contributed by atoms with Gasteiger partial charge >= 0.3 is 8.56 Å². The molecule has 5 nitrogen and oxygen atoms in total. The largest absolute Gasteiger partial charge is 0.485 e. The minimum atomic E-state index is -2.78. The number of hydrogen-bond donors (Lipinski definition) is 0. The smallest absolute Gasteiger partial charge is 0.461 e. The highest BCUT2D eigenvalue weighted by Gasteiger charge is 2.50. The van der Waals surface area contributed by atoms with Gasteiger partial charge in [0.2, 0.25) is 0 Å². The average molecular weight is 260 g/mol. The second kappa shape index (κ2) is 5.18. The number of carbonyl (C=O) groups is 2. The summed E-state index contributed by atoms with van der Waals surface area (Å²) in [6.07, 6.45) is 0.929. The molecule has 0 bridgehead atoms. The third-order valence-electron chi connectivity index (χ3n) is 2.98. The van der Waals surface area contributed by atoms with Crippen molar-refractivity contribution in [2.45, 2.75) is 39.8 Å². The summed E-state index contributed by atoms with van der Waals surface area (Å²) in [5.41, 5.74) is 0.00583. The summed E-state index contributed by atoms with van der Waals surface area (Å²) >= 11 is 0. The molecule has 1 saturated heterocycles. The predicted molar refractivity (Wildman–Crippen MR) is 63.5 cm³/mol. The van der Waals surface area contributed by atoms with Crippen molar-refractivity contribution < 1.29 is 23.2 Å². The second-order valence-electron chi connectivity index (χ2n) is 4.84. The lowest BCUT2D eigenvalue weighted by Crippen LogP contribution is -2.52. The first-order valence-corrected chi connectivity index (χ1v) is 8.30. The maximum absolute atomic E-state index is 11.1. The van der Waals surface area contributed by atoms with Crippen LogP contribution in [0.5, 0.6) is 0 Å². The van der Waals surface area contributed by atoms with Gasteiger partial charge in [0.1, 0.15) is 0 Å². The number of rotatable bonds is 5. The highest BCUT2D eigenvalue weighted by molar-refractivity contribution is 6.69. The normalized spacial score (nSPS) is 18.1. The van der Waals surface area contributed by atoms with Crippen molar-refractivity contribution in [2.24, 2.45) is 5.41 Å². The Morgan fingerprint density at radius 2 is 1.71 bits per heavy atom. The zero-order valence-corrected chi connectivity index (χ0v) is 11.9. The van der Waals surface area contributed by atoms with Crippen LogP contribution in [0.3, 0.4) is 0 Å². The molecule has 0 spiro atoms. The van der Waals surface area contributed by atoms with Crippen molar-refractivity contribution in [2.75, 3.05) is 13.2 Å². The highest BCUT2D eigenvalue weighted by Crippen LogP contribution is 2.40. The second-order valence-corrected chi connectivity index (χ2v) is 7.87. The first-order valence-electron chi connectivity index (χ1n) is 5.78. The van der Waals surface area contributed by atoms with Gasteiger partial charge < -0.3 is 13.6 Å². The molecule has 1 heterocycles. The molecule has 0 atom stereocenters. The molecule has 0 amide bonds. The van der Waals surface area contributed by atoms with Crippen LogP contribution in [0, 0.1) is 5.41 Å². The molecule has 1 rings (SSSR count). The van der Waals surface area contributed by atoms with Crippen LogP contribution in [0.15, 0.2) is 0 Å². The van der Waals surface area contributed by atoms with E-state index < -0.39 is 20.5 Å². The van der Waals surface area contributed by atoms with Crippen LogP contribution in [0.25, 0.3) is 0 Å². The van der Waals surface area contributed by atoms with Crippen molar-refractivity contribution in [3.63, 3.8) is 0 Å². The van der Waals surface area contributed by atoms with Crippen molar-refractivity contribution in [1.29, 1.82) is 0 Å². The molecule has 17 heavy (non-hydrogen) atoms. The Bertz CT molecular complexity index is 289. The van der Waals surface area contributed by atoms with Gasteiger partial charge in [0.05, 0.1) is 13.2 Å². The first-order chi connectivity index (χ1) is 7.81. The number of carbonyl (C=O) groups excluding carboxylic acids is 2. The van der Waals surface area contributed by atoms with Crippen molar-refractivity contribution >= 4 is 20.5 Å². The van der Waals surface area contributed by atoms with Crippen LogP contribution in [-0.2, 0) is 23.2 Å². The molecule has 0 aliphatic carbocycles. The van der Waals surface area contributed by atoms with Gasteiger partial charge in [-0.15, -0.1) is 0 Å². The standard InChI is InChI=1S/C11H20O5Si/c1-5-11(6-14-7-11)8-17(4,15-9(2)12)16-10(3)13/h5-8H2,1-4H3. The number of ether oxygens (including phenoxy) is 1. The van der Waals surface area contributed by atoms with Crippen LogP contribution in [-0.4, -0.2) is 33.7 Å². The van der Waals surface area contributed by atoms with Crippen LogP contribution in [0.2, 0.25) is 12.6 Å². The van der Waals surface area contributed by atoms with Gasteiger partial charge in [-0.2, -0.15) is 0 Å². The first kappa shape index (κ1) is 14.2. The summed E-state index contributed by atoms with van der Waals surface area (Å²) in [5.74, 6) is -0.793. The molecule has 0 aromatic carbocycles. The Balaban J connectivity index is 2.74. The van der Waals surface area contributed by atoms with Gasteiger partial charge in [-0.1, -0.05) is 6.92 Å². The molecular weight excluding hydrogens is 240 g/mol. The van der Waals surface area contributed by atoms with E-state index in [0.29, 0.717) is 19.3 Å². The highest BCUT2D eigenvalue weighted by atomic mass is 28.4. The van der Waals surface area contributed by atoms with E-state index >= 15 is 0 Å². The Morgan fingerprint density at radius 1 is 1.24 bits per heavy atom. The Labute approximate surface area is 103 Å². The fourth-order valence-electron chi connectivity index (χ4n) is 2.20. The van der Waals surface area contributed by atoms with Crippen LogP contribution in [0.1, 0.15) is 27.2 Å². The van der Waals surface area contributed by atoms with Gasteiger partial charge in [0.25, 0.3) is 11.9 Å². The molecule has 1 aliphatic rings. The Hall–Kier alpha value is -0.883. The summed E-state index contributed by atoms with van der Waals surface area (Å²) in [7, 11) is -2.78. The average Bonchev–Trinajstić information content (AvgIpc) is 2.08. The summed E-state index contributed by atoms with van der Waals surface area (Å²) in [6, 6.07) is 0.607. The van der Waals surface area contributed by atoms with E-state index in [1.165, 1.54) is 13.8 Å². The molecule has 0 saturated carbocycles. The Morgan fingerprint density at radius 3 is 1.94 bits per heavy atom. The molecule has 98 valence electrons. The monoisotopic (exact) mass is 260 g/mol. The molecule has 0 unspecified atom stereocenters. The minimum absolute atomic E-state index is 0.00583. The SMILES string of the molecule is CCC1(C[Si](C)(OC(C)=O)OC(C)=O)COC1. The van der Waals surface area contributed by atoms with E-state index in [4.69, 9.17) is 13.6 Å². The number of hydrogen-bond acceptors (Lipinski definition) is 5. The third-order valence-corrected chi connectivity index (χ3v) is 5.81. The van der Waals surface area contributed by atoms with Crippen LogP contribution in [0.4, 0.5) is 0 Å². The summed E-state index contributed by atoms with van der Waals surface area (Å²) in [4.78, 5) is 22.2. The van der Waals surface area contributed by atoms with E-state index in [1.54, 1.807) is 6.55 Å². The fraction of sp³-hybridized carbons (Fsp3) is 0.818. The lowest BCUT2D eigenvalue weighted by Gasteiger charge is -2.44.